The van der Waals surface area contributed by atoms with Crippen LogP contribution in [0.5, 0.6) is 0 Å². The molecule has 1 aromatic heterocycles. The van der Waals surface area contributed by atoms with E-state index >= 15 is 0 Å². The molecule has 1 aromatic carbocycles. The number of halogens is 1. The van der Waals surface area contributed by atoms with Crippen molar-refractivity contribution in [3.63, 3.8) is 0 Å². The van der Waals surface area contributed by atoms with Crippen LogP contribution in [0, 0.1) is 5.95 Å². The normalized spacial score (nSPS) is 10.6. The van der Waals surface area contributed by atoms with Crippen LogP contribution in [0.15, 0.2) is 36.5 Å². The Labute approximate surface area is 93.9 Å². The first-order chi connectivity index (χ1) is 7.83. The summed E-state index contributed by atoms with van der Waals surface area (Å²) in [7, 11) is 1.85. The number of hydrogen-bond donors (Lipinski definition) is 1. The molecule has 0 amide bonds. The molecule has 16 heavy (non-hydrogen) atoms. The van der Waals surface area contributed by atoms with Crippen LogP contribution in [-0.4, -0.2) is 23.4 Å². The van der Waals surface area contributed by atoms with Gasteiger partial charge >= 0.3 is 0 Å². The third-order valence-corrected chi connectivity index (χ3v) is 2.43. The largest absolute Gasteiger partial charge is 0.319 e. The van der Waals surface area contributed by atoms with Crippen LogP contribution < -0.4 is 5.32 Å². The van der Waals surface area contributed by atoms with Gasteiger partial charge in [0.2, 0.25) is 5.95 Å². The van der Waals surface area contributed by atoms with E-state index in [9.17, 15) is 4.39 Å². The average molecular weight is 219 g/mol. The van der Waals surface area contributed by atoms with E-state index in [1.165, 1.54) is 4.68 Å². The van der Waals surface area contributed by atoms with Gasteiger partial charge in [0.25, 0.3) is 0 Å². The van der Waals surface area contributed by atoms with Crippen molar-refractivity contribution >= 4 is 0 Å². The van der Waals surface area contributed by atoms with Crippen molar-refractivity contribution in [1.82, 2.24) is 15.1 Å². The number of nitrogens with one attached hydrogen (secondary N) is 1. The van der Waals surface area contributed by atoms with Crippen LogP contribution in [0.1, 0.15) is 5.56 Å². The van der Waals surface area contributed by atoms with Gasteiger partial charge in [-0.15, -0.1) is 0 Å². The summed E-state index contributed by atoms with van der Waals surface area (Å²) < 4.78 is 15.2. The van der Waals surface area contributed by atoms with E-state index in [4.69, 9.17) is 0 Å². The molecule has 0 aliphatic rings. The molecule has 3 nitrogen and oxygen atoms in total. The molecule has 0 saturated carbocycles. The van der Waals surface area contributed by atoms with E-state index in [1.54, 1.807) is 6.20 Å². The van der Waals surface area contributed by atoms with E-state index in [0.717, 1.165) is 12.2 Å². The zero-order valence-electron chi connectivity index (χ0n) is 9.15. The maximum Gasteiger partial charge on any atom is 0.219 e. The number of para-hydroxylation sites is 1. The zero-order chi connectivity index (χ0) is 11.4. The highest BCUT2D eigenvalue weighted by atomic mass is 19.1. The van der Waals surface area contributed by atoms with Crippen molar-refractivity contribution in [1.29, 1.82) is 0 Å². The van der Waals surface area contributed by atoms with Gasteiger partial charge in [0.1, 0.15) is 0 Å². The number of benzene rings is 1. The second kappa shape index (κ2) is 4.90. The summed E-state index contributed by atoms with van der Waals surface area (Å²) in [6.07, 6.45) is 2.23. The van der Waals surface area contributed by atoms with Gasteiger partial charge in [-0.3, -0.25) is 0 Å². The fraction of sp³-hybridized carbons (Fsp3) is 0.250. The smallest absolute Gasteiger partial charge is 0.219 e. The number of aromatic nitrogens is 2. The Balaban J connectivity index is 2.27. The van der Waals surface area contributed by atoms with Crippen LogP contribution in [0.4, 0.5) is 4.39 Å². The number of likely N-dealkylation sites (N-methyl/N-ethyl adjacent to an activating group) is 1. The summed E-state index contributed by atoms with van der Waals surface area (Å²) in [5, 5.41) is 7.04. The summed E-state index contributed by atoms with van der Waals surface area (Å²) in [6.45, 7) is 0.747. The summed E-state index contributed by atoms with van der Waals surface area (Å²) in [5.41, 5.74) is 1.38. The van der Waals surface area contributed by atoms with E-state index < -0.39 is 0 Å². The van der Waals surface area contributed by atoms with E-state index in [2.05, 4.69) is 10.4 Å². The standard InChI is InChI=1S/C12H14FN3/c1-14-8-7-10-9-15-16(12(10)13)11-5-3-2-4-6-11/h2-6,9,14H,7-8H2,1H3. The summed E-state index contributed by atoms with van der Waals surface area (Å²) in [6, 6.07) is 9.29. The summed E-state index contributed by atoms with van der Waals surface area (Å²) in [5.74, 6) is -0.276. The van der Waals surface area contributed by atoms with Crippen LogP contribution in [-0.2, 0) is 6.42 Å². The van der Waals surface area contributed by atoms with Crippen LogP contribution in [0.3, 0.4) is 0 Å². The third kappa shape index (κ3) is 2.12. The number of hydrogen-bond acceptors (Lipinski definition) is 2. The number of rotatable bonds is 4. The highest BCUT2D eigenvalue weighted by Gasteiger charge is 2.10. The topological polar surface area (TPSA) is 29.9 Å². The van der Waals surface area contributed by atoms with E-state index in [0.29, 0.717) is 12.0 Å². The monoisotopic (exact) mass is 219 g/mol. The van der Waals surface area contributed by atoms with Gasteiger partial charge in [-0.2, -0.15) is 9.49 Å². The third-order valence-electron chi connectivity index (χ3n) is 2.43. The predicted molar refractivity (Wildman–Crippen MR) is 61.2 cm³/mol. The Hall–Kier alpha value is -1.68. The van der Waals surface area contributed by atoms with Crippen molar-refractivity contribution in [2.75, 3.05) is 13.6 Å². The van der Waals surface area contributed by atoms with Gasteiger partial charge < -0.3 is 5.32 Å². The molecule has 0 aliphatic carbocycles. The minimum atomic E-state index is -0.276. The second-order valence-electron chi connectivity index (χ2n) is 3.56. The molecule has 1 heterocycles. The Kier molecular flexibility index (Phi) is 3.31. The quantitative estimate of drug-likeness (QED) is 0.849. The lowest BCUT2D eigenvalue weighted by molar-refractivity contribution is 0.524. The predicted octanol–water partition coefficient (Wildman–Crippen LogP) is 1.77. The van der Waals surface area contributed by atoms with Crippen molar-refractivity contribution in [2.45, 2.75) is 6.42 Å². The van der Waals surface area contributed by atoms with Crippen LogP contribution in [0.25, 0.3) is 5.69 Å². The van der Waals surface area contributed by atoms with E-state index in [-0.39, 0.29) is 5.95 Å². The van der Waals surface area contributed by atoms with Crippen molar-refractivity contribution in [2.24, 2.45) is 0 Å². The molecule has 0 saturated heterocycles. The SMILES string of the molecule is CNCCc1cnn(-c2ccccc2)c1F. The first-order valence-corrected chi connectivity index (χ1v) is 5.25. The number of nitrogens with zero attached hydrogens (tertiary/aromatic N) is 2. The lowest BCUT2D eigenvalue weighted by Gasteiger charge is -2.02. The Morgan fingerprint density at radius 3 is 2.75 bits per heavy atom. The molecule has 0 atom stereocenters. The molecule has 0 bridgehead atoms. The molecule has 1 N–H and O–H groups in total. The molecule has 0 aliphatic heterocycles. The van der Waals surface area contributed by atoms with Crippen molar-refractivity contribution < 1.29 is 4.39 Å². The minimum Gasteiger partial charge on any atom is -0.319 e. The van der Waals surface area contributed by atoms with Gasteiger partial charge in [0.15, 0.2) is 0 Å². The fourth-order valence-corrected chi connectivity index (χ4v) is 1.54. The Morgan fingerprint density at radius 2 is 2.06 bits per heavy atom. The molecule has 4 heteroatoms. The van der Waals surface area contributed by atoms with Gasteiger partial charge in [-0.25, -0.2) is 4.68 Å². The molecule has 0 fully saturated rings. The average Bonchev–Trinajstić information content (AvgIpc) is 2.69. The fourth-order valence-electron chi connectivity index (χ4n) is 1.54. The van der Waals surface area contributed by atoms with E-state index in [1.807, 2.05) is 37.4 Å². The first kappa shape index (κ1) is 10.8. The molecule has 84 valence electrons. The van der Waals surface area contributed by atoms with Gasteiger partial charge in [0, 0.05) is 5.56 Å². The Morgan fingerprint density at radius 1 is 1.31 bits per heavy atom. The highest BCUT2D eigenvalue weighted by Crippen LogP contribution is 2.13. The first-order valence-electron chi connectivity index (χ1n) is 5.25. The van der Waals surface area contributed by atoms with Gasteiger partial charge in [-0.05, 0) is 32.1 Å². The summed E-state index contributed by atoms with van der Waals surface area (Å²) in [4.78, 5) is 0. The molecule has 0 spiro atoms. The molecule has 0 unspecified atom stereocenters. The molecule has 2 aromatic rings. The van der Waals surface area contributed by atoms with Crippen LogP contribution in [0.2, 0.25) is 0 Å². The highest BCUT2D eigenvalue weighted by molar-refractivity contribution is 5.31. The molecule has 0 radical (unpaired) electrons. The van der Waals surface area contributed by atoms with Crippen molar-refractivity contribution in [3.8, 4) is 5.69 Å². The Bertz CT molecular complexity index is 451. The lowest BCUT2D eigenvalue weighted by Crippen LogP contribution is -2.11. The van der Waals surface area contributed by atoms with Crippen molar-refractivity contribution in [3.05, 3.63) is 48.0 Å². The maximum atomic E-state index is 13.9. The van der Waals surface area contributed by atoms with Gasteiger partial charge in [-0.1, -0.05) is 18.2 Å². The van der Waals surface area contributed by atoms with Gasteiger partial charge in [0.05, 0.1) is 11.9 Å². The lowest BCUT2D eigenvalue weighted by atomic mass is 10.2. The second-order valence-corrected chi connectivity index (χ2v) is 3.56. The molecule has 2 rings (SSSR count). The molecular weight excluding hydrogens is 205 g/mol. The summed E-state index contributed by atoms with van der Waals surface area (Å²) >= 11 is 0. The minimum absolute atomic E-state index is 0.276. The van der Waals surface area contributed by atoms with Crippen LogP contribution >= 0.6 is 0 Å². The molecular formula is C12H14FN3. The zero-order valence-corrected chi connectivity index (χ0v) is 9.15. The maximum absolute atomic E-state index is 13.9.